The first kappa shape index (κ1) is 8.49. The molecule has 0 aliphatic rings. The largest absolute Gasteiger partial charge is 0.481 e. The molecule has 0 aromatic carbocycles. The minimum atomic E-state index is -0.699. The van der Waals surface area contributed by atoms with Crippen LogP contribution in [0.2, 0.25) is 0 Å². The van der Waals surface area contributed by atoms with Gasteiger partial charge in [-0.1, -0.05) is 19.2 Å². The normalized spacial score (nSPS) is 10.2. The summed E-state index contributed by atoms with van der Waals surface area (Å²) in [6.45, 7) is 6.42. The molecule has 1 N–H and O–H groups in total. The lowest BCUT2D eigenvalue weighted by Gasteiger charge is -1.95. The lowest BCUT2D eigenvalue weighted by atomic mass is 10.6. The zero-order valence-electron chi connectivity index (χ0n) is 5.41. The summed E-state index contributed by atoms with van der Waals surface area (Å²) in [6, 6.07) is 0. The van der Waals surface area contributed by atoms with Gasteiger partial charge in [0.15, 0.2) is 0 Å². The number of rotatable bonds is 3. The zero-order chi connectivity index (χ0) is 7.98. The third-order valence-corrected chi connectivity index (χ3v) is 0.632. The standard InChI is InChI=1S/C7H8O3/c1-3-5-7(9)10-6(8)4-2/h3-5,9H,1-2H2. The van der Waals surface area contributed by atoms with Crippen LogP contribution in [0, 0.1) is 0 Å². The molecule has 0 spiro atoms. The molecule has 0 aromatic heterocycles. The van der Waals surface area contributed by atoms with Gasteiger partial charge in [0.25, 0.3) is 5.95 Å². The summed E-state index contributed by atoms with van der Waals surface area (Å²) in [5.74, 6) is -1.18. The molecule has 0 rings (SSSR count). The lowest BCUT2D eigenvalue weighted by Crippen LogP contribution is -1.98. The first-order valence-corrected chi connectivity index (χ1v) is 2.56. The monoisotopic (exact) mass is 140 g/mol. The van der Waals surface area contributed by atoms with Gasteiger partial charge >= 0.3 is 5.97 Å². The zero-order valence-corrected chi connectivity index (χ0v) is 5.41. The van der Waals surface area contributed by atoms with E-state index in [9.17, 15) is 4.79 Å². The highest BCUT2D eigenvalue weighted by Crippen LogP contribution is 1.92. The maximum absolute atomic E-state index is 10.3. The van der Waals surface area contributed by atoms with E-state index in [1.54, 1.807) is 0 Å². The van der Waals surface area contributed by atoms with Crippen molar-refractivity contribution in [1.82, 2.24) is 0 Å². The van der Waals surface area contributed by atoms with Gasteiger partial charge in [0.05, 0.1) is 0 Å². The van der Waals surface area contributed by atoms with Crippen molar-refractivity contribution in [1.29, 1.82) is 0 Å². The fraction of sp³-hybridized carbons (Fsp3) is 0. The smallest absolute Gasteiger partial charge is 0.337 e. The summed E-state index contributed by atoms with van der Waals surface area (Å²) < 4.78 is 4.23. The van der Waals surface area contributed by atoms with Crippen LogP contribution < -0.4 is 0 Å². The average Bonchev–Trinajstić information content (AvgIpc) is 1.88. The van der Waals surface area contributed by atoms with Crippen molar-refractivity contribution >= 4 is 5.97 Å². The maximum Gasteiger partial charge on any atom is 0.337 e. The molecule has 0 aliphatic carbocycles. The van der Waals surface area contributed by atoms with E-state index in [-0.39, 0.29) is 0 Å². The van der Waals surface area contributed by atoms with E-state index in [0.717, 1.165) is 12.2 Å². The Bertz CT molecular complexity index is 179. The van der Waals surface area contributed by atoms with Gasteiger partial charge in [0, 0.05) is 12.2 Å². The SMILES string of the molecule is C=CC=C(O)OC(=O)C=C. The third kappa shape index (κ3) is 3.49. The predicted molar refractivity (Wildman–Crippen MR) is 37.2 cm³/mol. The molecule has 10 heavy (non-hydrogen) atoms. The second-order valence-electron chi connectivity index (χ2n) is 1.37. The average molecular weight is 140 g/mol. The van der Waals surface area contributed by atoms with Crippen molar-refractivity contribution < 1.29 is 14.6 Å². The lowest BCUT2D eigenvalue weighted by molar-refractivity contribution is -0.137. The van der Waals surface area contributed by atoms with Gasteiger partial charge < -0.3 is 9.84 Å². The van der Waals surface area contributed by atoms with E-state index in [2.05, 4.69) is 17.9 Å². The molecule has 3 nitrogen and oxygen atoms in total. The van der Waals surface area contributed by atoms with Crippen molar-refractivity contribution in [2.75, 3.05) is 0 Å². The van der Waals surface area contributed by atoms with Crippen molar-refractivity contribution in [3.63, 3.8) is 0 Å². The van der Waals surface area contributed by atoms with Gasteiger partial charge in [-0.15, -0.1) is 0 Å². The van der Waals surface area contributed by atoms with Gasteiger partial charge in [-0.3, -0.25) is 0 Å². The van der Waals surface area contributed by atoms with Crippen LogP contribution in [0.5, 0.6) is 0 Å². The minimum Gasteiger partial charge on any atom is -0.481 e. The number of allylic oxidation sites excluding steroid dienone is 2. The minimum absolute atomic E-state index is 0.486. The molecular weight excluding hydrogens is 132 g/mol. The molecule has 54 valence electrons. The van der Waals surface area contributed by atoms with Crippen LogP contribution in [0.3, 0.4) is 0 Å². The van der Waals surface area contributed by atoms with Crippen LogP contribution in [-0.2, 0) is 9.53 Å². The summed E-state index contributed by atoms with van der Waals surface area (Å²) in [5, 5.41) is 8.65. The quantitative estimate of drug-likeness (QED) is 0.278. The van der Waals surface area contributed by atoms with Crippen molar-refractivity contribution in [2.24, 2.45) is 0 Å². The molecule has 0 unspecified atom stereocenters. The third-order valence-electron chi connectivity index (χ3n) is 0.632. The van der Waals surface area contributed by atoms with Crippen LogP contribution in [0.25, 0.3) is 0 Å². The molecule has 0 radical (unpaired) electrons. The molecular formula is C7H8O3. The highest BCUT2D eigenvalue weighted by Gasteiger charge is 1.96. The van der Waals surface area contributed by atoms with Gasteiger partial charge in [-0.25, -0.2) is 4.79 Å². The summed E-state index contributed by atoms with van der Waals surface area (Å²) in [7, 11) is 0. The molecule has 0 saturated heterocycles. The fourth-order valence-corrected chi connectivity index (χ4v) is 0.280. The first-order chi connectivity index (χ1) is 4.70. The highest BCUT2D eigenvalue weighted by atomic mass is 16.6. The molecule has 0 bridgehead atoms. The van der Waals surface area contributed by atoms with E-state index < -0.39 is 11.9 Å². The Labute approximate surface area is 58.9 Å². The van der Waals surface area contributed by atoms with Gasteiger partial charge in [0.2, 0.25) is 0 Å². The number of hydrogen-bond donors (Lipinski definition) is 1. The van der Waals surface area contributed by atoms with E-state index >= 15 is 0 Å². The summed E-state index contributed by atoms with van der Waals surface area (Å²) >= 11 is 0. The Kier molecular flexibility index (Phi) is 3.72. The molecule has 0 heterocycles. The van der Waals surface area contributed by atoms with Crippen LogP contribution in [0.4, 0.5) is 0 Å². The molecule has 0 saturated carbocycles. The number of carbonyl (C=O) groups excluding carboxylic acids is 1. The van der Waals surface area contributed by atoms with Crippen LogP contribution in [0.15, 0.2) is 37.3 Å². The molecule has 0 fully saturated rings. The summed E-state index contributed by atoms with van der Waals surface area (Å²) in [6.07, 6.45) is 3.40. The Morgan fingerprint density at radius 1 is 1.50 bits per heavy atom. The number of esters is 1. The van der Waals surface area contributed by atoms with E-state index in [4.69, 9.17) is 5.11 Å². The maximum atomic E-state index is 10.3. The molecule has 0 atom stereocenters. The Morgan fingerprint density at radius 3 is 2.50 bits per heavy atom. The number of aliphatic hydroxyl groups is 1. The predicted octanol–water partition coefficient (Wildman–Crippen LogP) is 1.30. The van der Waals surface area contributed by atoms with E-state index in [1.807, 2.05) is 0 Å². The Hall–Kier alpha value is -1.51. The van der Waals surface area contributed by atoms with Crippen molar-refractivity contribution in [3.8, 4) is 0 Å². The first-order valence-electron chi connectivity index (χ1n) is 2.56. The van der Waals surface area contributed by atoms with Gasteiger partial charge in [-0.2, -0.15) is 0 Å². The summed E-state index contributed by atoms with van der Waals surface area (Å²) in [5.41, 5.74) is 0. The van der Waals surface area contributed by atoms with E-state index in [1.165, 1.54) is 6.08 Å². The van der Waals surface area contributed by atoms with Crippen LogP contribution in [0.1, 0.15) is 0 Å². The number of ether oxygens (including phenoxy) is 1. The van der Waals surface area contributed by atoms with Crippen molar-refractivity contribution in [3.05, 3.63) is 37.3 Å². The fourth-order valence-electron chi connectivity index (χ4n) is 0.280. The van der Waals surface area contributed by atoms with Crippen LogP contribution >= 0.6 is 0 Å². The Morgan fingerprint density at radius 2 is 2.10 bits per heavy atom. The number of aliphatic hydroxyl groups excluding tert-OH is 1. The van der Waals surface area contributed by atoms with Crippen LogP contribution in [-0.4, -0.2) is 11.1 Å². The summed E-state index contributed by atoms with van der Waals surface area (Å²) in [4.78, 5) is 10.3. The second-order valence-corrected chi connectivity index (χ2v) is 1.37. The number of hydrogen-bond acceptors (Lipinski definition) is 3. The second kappa shape index (κ2) is 4.38. The van der Waals surface area contributed by atoms with E-state index in [0.29, 0.717) is 0 Å². The molecule has 0 aromatic rings. The number of carbonyl (C=O) groups is 1. The Balaban J connectivity index is 3.89. The molecule has 0 aliphatic heterocycles. The molecule has 0 amide bonds. The molecule has 3 heteroatoms. The highest BCUT2D eigenvalue weighted by molar-refractivity contribution is 5.81. The topological polar surface area (TPSA) is 46.5 Å². The van der Waals surface area contributed by atoms with Gasteiger partial charge in [0.1, 0.15) is 0 Å². The van der Waals surface area contributed by atoms with Crippen molar-refractivity contribution in [2.45, 2.75) is 0 Å². The van der Waals surface area contributed by atoms with Gasteiger partial charge in [-0.05, 0) is 0 Å².